The number of nitrogens with two attached hydrogens (primary N) is 3. The molecule has 4 aromatic carbocycles. The van der Waals surface area contributed by atoms with Gasteiger partial charge in [-0.05, 0) is 123 Å². The summed E-state index contributed by atoms with van der Waals surface area (Å²) >= 11 is 0. The van der Waals surface area contributed by atoms with Gasteiger partial charge in [-0.1, -0.05) is 61.9 Å². The molecule has 4 atom stereocenters. The van der Waals surface area contributed by atoms with E-state index in [1.165, 1.54) is 24.4 Å². The average molecular weight is 928 g/mol. The molecule has 4 aromatic rings. The molecule has 1 heterocycles. The normalized spacial score (nSPS) is 17.8. The van der Waals surface area contributed by atoms with Crippen molar-refractivity contribution in [2.45, 2.75) is 101 Å². The Kier molecular flexibility index (Phi) is 17.7. The zero-order chi connectivity index (χ0) is 48.8. The van der Waals surface area contributed by atoms with Gasteiger partial charge in [0.05, 0.1) is 6.07 Å². The van der Waals surface area contributed by atoms with E-state index in [9.17, 15) is 29.2 Å². The fourth-order valence-corrected chi connectivity index (χ4v) is 8.22. The molecule has 0 unspecified atom stereocenters. The molecule has 2 aliphatic rings. The minimum atomic E-state index is -1.36. The molecule has 0 saturated heterocycles. The van der Waals surface area contributed by atoms with Crippen LogP contribution in [0.25, 0.3) is 22.3 Å². The second kappa shape index (κ2) is 23.8. The smallest absolute Gasteiger partial charge is 0.251 e. The molecule has 1 aliphatic carbocycles. The lowest BCUT2D eigenvalue weighted by Crippen LogP contribution is -2.56. The SMILES string of the molecule is CCCCc1ccc(-c2ccc(C(=O)N[C@@H](CCCCN)C(=O)N(C)[C@@H]3C(=O)N[C@@H](C)C(=O)N[C@H](C(=O)NC4(C#N)CC4)Cc4ccc(OCCN)c(c4)-c4cc3ccc4OCCN)cc2)cc1. The van der Waals surface area contributed by atoms with Crippen molar-refractivity contribution in [2.75, 3.05) is 39.9 Å². The predicted molar refractivity (Wildman–Crippen MR) is 260 cm³/mol. The Bertz CT molecular complexity index is 2450. The van der Waals surface area contributed by atoms with E-state index in [1.54, 1.807) is 42.5 Å². The number of aryl methyl sites for hydroxylation is 1. The highest BCUT2D eigenvalue weighted by Crippen LogP contribution is 2.40. The molecule has 10 N–H and O–H groups in total. The summed E-state index contributed by atoms with van der Waals surface area (Å²) in [5, 5.41) is 21.1. The summed E-state index contributed by atoms with van der Waals surface area (Å²) < 4.78 is 12.3. The number of nitrogens with one attached hydrogen (secondary N) is 4. The first-order chi connectivity index (χ1) is 32.8. The summed E-state index contributed by atoms with van der Waals surface area (Å²) in [6, 6.07) is 23.3. The van der Waals surface area contributed by atoms with E-state index >= 15 is 0 Å². The Hall–Kier alpha value is -6.80. The number of amides is 5. The number of nitrogens with zero attached hydrogens (tertiary/aromatic N) is 2. The monoisotopic (exact) mass is 928 g/mol. The van der Waals surface area contributed by atoms with E-state index in [1.807, 2.05) is 18.2 Å². The van der Waals surface area contributed by atoms with Crippen LogP contribution >= 0.6 is 0 Å². The van der Waals surface area contributed by atoms with Crippen LogP contribution in [0.4, 0.5) is 0 Å². The maximum absolute atomic E-state index is 14.9. The van der Waals surface area contributed by atoms with Crippen molar-refractivity contribution in [3.8, 4) is 39.8 Å². The van der Waals surface area contributed by atoms with Gasteiger partial charge in [-0.2, -0.15) is 5.26 Å². The third-order valence-corrected chi connectivity index (χ3v) is 12.3. The van der Waals surface area contributed by atoms with Gasteiger partial charge in [0.15, 0.2) is 0 Å². The molecule has 4 bridgehead atoms. The number of hydrogen-bond donors (Lipinski definition) is 7. The van der Waals surface area contributed by atoms with Gasteiger partial charge in [-0.15, -0.1) is 0 Å². The first-order valence-corrected chi connectivity index (χ1v) is 23.6. The van der Waals surface area contributed by atoms with E-state index < -0.39 is 59.2 Å². The average Bonchev–Trinajstić information content (AvgIpc) is 4.13. The highest BCUT2D eigenvalue weighted by atomic mass is 16.5. The van der Waals surface area contributed by atoms with Crippen LogP contribution in [0, 0.1) is 11.3 Å². The van der Waals surface area contributed by atoms with Crippen LogP contribution in [-0.4, -0.2) is 98.0 Å². The molecule has 68 heavy (non-hydrogen) atoms. The predicted octanol–water partition coefficient (Wildman–Crippen LogP) is 4.18. The number of likely N-dealkylation sites (N-methyl/N-ethyl adjacent to an activating group) is 1. The number of rotatable bonds is 20. The van der Waals surface area contributed by atoms with Gasteiger partial charge in [0.2, 0.25) is 23.6 Å². The summed E-state index contributed by atoms with van der Waals surface area (Å²) in [5.74, 6) is -2.15. The molecule has 0 spiro atoms. The standard InChI is InChI=1S/C52H65N9O7/c1-4-5-8-34-10-13-36(14-11-34)37-15-17-38(18-16-37)48(63)58-42(9-6-7-24-53)51(66)61(3)46-39-19-21-45(68-28-26-55)41(31-39)40-29-35(12-20-44(40)67-27-25-54)30-43(49(64)60-52(32-56)22-23-52)59-47(62)33(2)57-50(46)65/h10-21,29,31,33,42-43,46H,4-9,22-28,30,53-55H2,1-3H3,(H,57,65)(H,58,63)(H,59,62)(H,60,64)/t33-,42-,43-,46-/m0/s1. The Morgan fingerprint density at radius 1 is 0.824 bits per heavy atom. The molecule has 1 fully saturated rings. The van der Waals surface area contributed by atoms with Crippen molar-refractivity contribution in [3.63, 3.8) is 0 Å². The van der Waals surface area contributed by atoms with E-state index in [0.717, 1.165) is 30.4 Å². The summed E-state index contributed by atoms with van der Waals surface area (Å²) in [7, 11) is 1.48. The third kappa shape index (κ3) is 12.8. The van der Waals surface area contributed by atoms with E-state index in [2.05, 4.69) is 58.5 Å². The van der Waals surface area contributed by atoms with Gasteiger partial charge in [-0.25, -0.2) is 0 Å². The van der Waals surface area contributed by atoms with E-state index in [0.29, 0.717) is 71.5 Å². The molecule has 0 radical (unpaired) electrons. The maximum Gasteiger partial charge on any atom is 0.251 e. The van der Waals surface area contributed by atoms with Crippen molar-refractivity contribution < 1.29 is 33.4 Å². The third-order valence-electron chi connectivity index (χ3n) is 12.3. The fraction of sp³-hybridized carbons (Fsp3) is 0.423. The first kappa shape index (κ1) is 50.6. The highest BCUT2D eigenvalue weighted by Gasteiger charge is 2.46. The molecule has 360 valence electrons. The van der Waals surface area contributed by atoms with E-state index in [4.69, 9.17) is 26.7 Å². The lowest BCUT2D eigenvalue weighted by molar-refractivity contribution is -0.141. The minimum Gasteiger partial charge on any atom is -0.492 e. The van der Waals surface area contributed by atoms with Crippen LogP contribution in [0.2, 0.25) is 0 Å². The highest BCUT2D eigenvalue weighted by molar-refractivity contribution is 5.99. The number of nitriles is 1. The number of carbonyl (C=O) groups is 5. The summed E-state index contributed by atoms with van der Waals surface area (Å²) in [6.07, 6.45) is 5.56. The van der Waals surface area contributed by atoms with Gasteiger partial charge in [-0.3, -0.25) is 24.0 Å². The summed E-state index contributed by atoms with van der Waals surface area (Å²) in [5.41, 5.74) is 22.2. The lowest BCUT2D eigenvalue weighted by atomic mass is 9.93. The van der Waals surface area contributed by atoms with Crippen LogP contribution in [0.3, 0.4) is 0 Å². The summed E-state index contributed by atoms with van der Waals surface area (Å²) in [6.45, 7) is 4.75. The quantitative estimate of drug-likeness (QED) is 0.0619. The number of ether oxygens (including phenoxy) is 2. The zero-order valence-electron chi connectivity index (χ0n) is 39.3. The molecule has 0 aromatic heterocycles. The van der Waals surface area contributed by atoms with Crippen molar-refractivity contribution in [2.24, 2.45) is 17.2 Å². The largest absolute Gasteiger partial charge is 0.492 e. The zero-order valence-corrected chi connectivity index (χ0v) is 39.3. The molecule has 5 amide bonds. The lowest BCUT2D eigenvalue weighted by Gasteiger charge is -2.33. The Balaban J connectivity index is 1.37. The minimum absolute atomic E-state index is 0.0247. The van der Waals surface area contributed by atoms with Gasteiger partial charge in [0, 0.05) is 43.2 Å². The van der Waals surface area contributed by atoms with Gasteiger partial charge in [0.25, 0.3) is 5.91 Å². The fourth-order valence-electron chi connectivity index (χ4n) is 8.22. The Labute approximate surface area is 398 Å². The molecule has 1 aliphatic heterocycles. The molecule has 16 nitrogen and oxygen atoms in total. The van der Waals surface area contributed by atoms with Gasteiger partial charge >= 0.3 is 0 Å². The number of hydrogen-bond acceptors (Lipinski definition) is 11. The number of carbonyl (C=O) groups excluding carboxylic acids is 5. The Morgan fingerprint density at radius 3 is 2.06 bits per heavy atom. The molecular formula is C52H65N9O7. The van der Waals surface area contributed by atoms with Crippen LogP contribution in [0.15, 0.2) is 84.9 Å². The van der Waals surface area contributed by atoms with Crippen molar-refractivity contribution in [1.82, 2.24) is 26.2 Å². The molecule has 16 heteroatoms. The number of unbranched alkanes of at least 4 members (excludes halogenated alkanes) is 2. The Morgan fingerprint density at radius 2 is 1.46 bits per heavy atom. The number of benzene rings is 4. The topological polar surface area (TPSA) is 257 Å². The van der Waals surface area contributed by atoms with E-state index in [-0.39, 0.29) is 39.1 Å². The summed E-state index contributed by atoms with van der Waals surface area (Å²) in [4.78, 5) is 72.6. The van der Waals surface area contributed by atoms with Crippen LogP contribution in [0.1, 0.15) is 91.9 Å². The van der Waals surface area contributed by atoms with Crippen molar-refractivity contribution >= 4 is 29.5 Å². The van der Waals surface area contributed by atoms with Crippen molar-refractivity contribution in [1.29, 1.82) is 5.26 Å². The molecule has 1 saturated carbocycles. The van der Waals surface area contributed by atoms with Gasteiger partial charge in [0.1, 0.15) is 54.4 Å². The van der Waals surface area contributed by atoms with Crippen LogP contribution < -0.4 is 47.9 Å². The second-order valence-corrected chi connectivity index (χ2v) is 17.6. The van der Waals surface area contributed by atoms with Crippen LogP contribution in [0.5, 0.6) is 11.5 Å². The molecular weight excluding hydrogens is 863 g/mol. The second-order valence-electron chi connectivity index (χ2n) is 17.6. The molecule has 6 rings (SSSR count). The first-order valence-electron chi connectivity index (χ1n) is 23.6. The van der Waals surface area contributed by atoms with Crippen molar-refractivity contribution in [3.05, 3.63) is 107 Å². The number of fused-ring (bicyclic) bond motifs is 5. The van der Waals surface area contributed by atoms with Crippen LogP contribution in [-0.2, 0) is 32.0 Å². The maximum atomic E-state index is 14.9. The van der Waals surface area contributed by atoms with Gasteiger partial charge < -0.3 is 52.8 Å².